The molecule has 3 heterocycles. The Bertz CT molecular complexity index is 887. The highest BCUT2D eigenvalue weighted by atomic mass is 32.1. The van der Waals surface area contributed by atoms with Crippen molar-refractivity contribution >= 4 is 34.0 Å². The van der Waals surface area contributed by atoms with Crippen LogP contribution in [0.25, 0.3) is 22.3 Å². The second-order valence-corrected chi connectivity index (χ2v) is 6.96. The molecule has 0 spiro atoms. The number of ether oxygens (including phenoxy) is 1. The molecule has 0 unspecified atom stereocenters. The summed E-state index contributed by atoms with van der Waals surface area (Å²) in [6.07, 6.45) is 1.58. The van der Waals surface area contributed by atoms with E-state index in [0.29, 0.717) is 0 Å². The smallest absolute Gasteiger partial charge is 0.308 e. The number of hydrogen-bond donors (Lipinski definition) is 0. The molecule has 0 aliphatic carbocycles. The third kappa shape index (κ3) is 3.09. The van der Waals surface area contributed by atoms with Crippen molar-refractivity contribution in [2.75, 3.05) is 25.1 Å². The minimum absolute atomic E-state index is 0.00862. The molecule has 4 rings (SSSR count). The number of fused-ring (bicyclic) bond motifs is 1. The normalized spacial score (nSPS) is 15.5. The average molecular weight is 353 g/mol. The van der Waals surface area contributed by atoms with E-state index in [1.165, 1.54) is 7.11 Å². The molecule has 0 saturated carbocycles. The first kappa shape index (κ1) is 16.0. The number of hydrogen-bond acceptors (Lipinski definition) is 6. The Hall–Kier alpha value is -2.47. The van der Waals surface area contributed by atoms with Crippen molar-refractivity contribution in [2.24, 2.45) is 5.92 Å². The molecular formula is C19H19N3O2S. The number of carbonyl (C=O) groups excluding carboxylic acids is 1. The molecule has 0 radical (unpaired) electrons. The molecule has 6 heteroatoms. The summed E-state index contributed by atoms with van der Waals surface area (Å²) in [6, 6.07) is 10.1. The van der Waals surface area contributed by atoms with Gasteiger partial charge in [0.15, 0.2) is 5.82 Å². The van der Waals surface area contributed by atoms with Gasteiger partial charge < -0.3 is 9.64 Å². The standard InChI is InChI=1S/C19H19N3O2S/c1-24-19(23)13-6-9-22(10-7-13)18-15-4-2-3-5-16(15)20-17(21-18)14-8-11-25-12-14/h2-5,8,11-13H,6-7,9-10H2,1H3. The highest BCUT2D eigenvalue weighted by Crippen LogP contribution is 2.31. The van der Waals surface area contributed by atoms with Gasteiger partial charge in [-0.25, -0.2) is 9.97 Å². The van der Waals surface area contributed by atoms with Crippen LogP contribution < -0.4 is 4.90 Å². The molecule has 2 aromatic heterocycles. The number of methoxy groups -OCH3 is 1. The molecule has 1 saturated heterocycles. The van der Waals surface area contributed by atoms with Crippen molar-refractivity contribution in [1.82, 2.24) is 9.97 Å². The van der Waals surface area contributed by atoms with Crippen LogP contribution in [0.1, 0.15) is 12.8 Å². The highest BCUT2D eigenvalue weighted by Gasteiger charge is 2.27. The van der Waals surface area contributed by atoms with Gasteiger partial charge in [0.2, 0.25) is 0 Å². The van der Waals surface area contributed by atoms with Gasteiger partial charge in [-0.2, -0.15) is 11.3 Å². The summed E-state index contributed by atoms with van der Waals surface area (Å²) in [5, 5.41) is 5.16. The van der Waals surface area contributed by atoms with Gasteiger partial charge >= 0.3 is 5.97 Å². The summed E-state index contributed by atoms with van der Waals surface area (Å²) in [7, 11) is 1.46. The lowest BCUT2D eigenvalue weighted by molar-refractivity contribution is -0.146. The fourth-order valence-corrected chi connectivity index (χ4v) is 3.95. The molecule has 0 atom stereocenters. The minimum Gasteiger partial charge on any atom is -0.469 e. The zero-order chi connectivity index (χ0) is 17.2. The van der Waals surface area contributed by atoms with Crippen molar-refractivity contribution in [3.8, 4) is 11.4 Å². The van der Waals surface area contributed by atoms with E-state index in [0.717, 1.165) is 54.0 Å². The molecule has 3 aromatic rings. The van der Waals surface area contributed by atoms with E-state index >= 15 is 0 Å². The average Bonchev–Trinajstić information content (AvgIpc) is 3.21. The molecule has 5 nitrogen and oxygen atoms in total. The molecule has 0 N–H and O–H groups in total. The third-order valence-corrected chi connectivity index (χ3v) is 5.37. The summed E-state index contributed by atoms with van der Waals surface area (Å²) in [5.41, 5.74) is 1.99. The van der Waals surface area contributed by atoms with Crippen LogP contribution in [0.15, 0.2) is 41.1 Å². The number of piperidine rings is 1. The van der Waals surface area contributed by atoms with E-state index in [1.54, 1.807) is 11.3 Å². The monoisotopic (exact) mass is 353 g/mol. The summed E-state index contributed by atoms with van der Waals surface area (Å²) >= 11 is 1.64. The molecule has 1 aromatic carbocycles. The zero-order valence-corrected chi connectivity index (χ0v) is 14.8. The van der Waals surface area contributed by atoms with Crippen molar-refractivity contribution in [1.29, 1.82) is 0 Å². The Balaban J connectivity index is 1.70. The SMILES string of the molecule is COC(=O)C1CCN(c2nc(-c3ccsc3)nc3ccccc23)CC1. The predicted octanol–water partition coefficient (Wildman–Crippen LogP) is 3.75. The maximum absolute atomic E-state index is 11.8. The maximum Gasteiger partial charge on any atom is 0.308 e. The molecule has 1 aliphatic rings. The van der Waals surface area contributed by atoms with Crippen LogP contribution in [0.2, 0.25) is 0 Å². The Morgan fingerprint density at radius 1 is 1.20 bits per heavy atom. The maximum atomic E-state index is 11.8. The van der Waals surface area contributed by atoms with Gasteiger partial charge in [0.1, 0.15) is 5.82 Å². The fourth-order valence-electron chi connectivity index (χ4n) is 3.32. The van der Waals surface area contributed by atoms with Crippen LogP contribution in [0, 0.1) is 5.92 Å². The topological polar surface area (TPSA) is 55.3 Å². The molecule has 128 valence electrons. The second-order valence-electron chi connectivity index (χ2n) is 6.18. The van der Waals surface area contributed by atoms with Crippen LogP contribution in [0.5, 0.6) is 0 Å². The Morgan fingerprint density at radius 2 is 2.00 bits per heavy atom. The minimum atomic E-state index is -0.105. The Labute approximate surface area is 150 Å². The highest BCUT2D eigenvalue weighted by molar-refractivity contribution is 7.08. The lowest BCUT2D eigenvalue weighted by atomic mass is 9.97. The molecule has 0 amide bonds. The van der Waals surface area contributed by atoms with E-state index in [2.05, 4.69) is 16.3 Å². The molecular weight excluding hydrogens is 334 g/mol. The van der Waals surface area contributed by atoms with Gasteiger partial charge in [0, 0.05) is 29.4 Å². The van der Waals surface area contributed by atoms with Crippen LogP contribution in [0.3, 0.4) is 0 Å². The second kappa shape index (κ2) is 6.80. The van der Waals surface area contributed by atoms with E-state index in [9.17, 15) is 4.79 Å². The van der Waals surface area contributed by atoms with Crippen LogP contribution in [-0.4, -0.2) is 36.1 Å². The van der Waals surface area contributed by atoms with Gasteiger partial charge in [-0.05, 0) is 36.4 Å². The van der Waals surface area contributed by atoms with E-state index in [-0.39, 0.29) is 11.9 Å². The van der Waals surface area contributed by atoms with Crippen LogP contribution in [0.4, 0.5) is 5.82 Å². The first-order chi connectivity index (χ1) is 12.3. The van der Waals surface area contributed by atoms with E-state index in [1.807, 2.05) is 29.6 Å². The Kier molecular flexibility index (Phi) is 4.36. The third-order valence-electron chi connectivity index (χ3n) is 4.69. The number of thiophene rings is 1. The first-order valence-electron chi connectivity index (χ1n) is 8.38. The number of carbonyl (C=O) groups is 1. The van der Waals surface area contributed by atoms with Crippen LogP contribution in [-0.2, 0) is 9.53 Å². The van der Waals surface area contributed by atoms with Crippen molar-refractivity contribution < 1.29 is 9.53 Å². The van der Waals surface area contributed by atoms with Crippen molar-refractivity contribution in [3.63, 3.8) is 0 Å². The number of aromatic nitrogens is 2. The lowest BCUT2D eigenvalue weighted by Gasteiger charge is -2.32. The van der Waals surface area contributed by atoms with Crippen LogP contribution >= 0.6 is 11.3 Å². The van der Waals surface area contributed by atoms with Gasteiger partial charge in [0.25, 0.3) is 0 Å². The number of nitrogens with zero attached hydrogens (tertiary/aromatic N) is 3. The zero-order valence-electron chi connectivity index (χ0n) is 14.0. The van der Waals surface area contributed by atoms with Crippen molar-refractivity contribution in [3.05, 3.63) is 41.1 Å². The molecule has 0 bridgehead atoms. The van der Waals surface area contributed by atoms with Gasteiger partial charge in [-0.1, -0.05) is 12.1 Å². The fraction of sp³-hybridized carbons (Fsp3) is 0.316. The van der Waals surface area contributed by atoms with Gasteiger partial charge in [0.05, 0.1) is 18.5 Å². The van der Waals surface area contributed by atoms with E-state index in [4.69, 9.17) is 14.7 Å². The van der Waals surface area contributed by atoms with Gasteiger partial charge in [-0.15, -0.1) is 0 Å². The molecule has 1 aliphatic heterocycles. The quantitative estimate of drug-likeness (QED) is 0.671. The first-order valence-corrected chi connectivity index (χ1v) is 9.32. The Morgan fingerprint density at radius 3 is 2.72 bits per heavy atom. The number of benzene rings is 1. The van der Waals surface area contributed by atoms with E-state index < -0.39 is 0 Å². The number of rotatable bonds is 3. The largest absolute Gasteiger partial charge is 0.469 e. The molecule has 25 heavy (non-hydrogen) atoms. The lowest BCUT2D eigenvalue weighted by Crippen LogP contribution is -2.37. The summed E-state index contributed by atoms with van der Waals surface area (Å²) < 4.78 is 4.89. The van der Waals surface area contributed by atoms with Crippen molar-refractivity contribution in [2.45, 2.75) is 12.8 Å². The summed E-state index contributed by atoms with van der Waals surface area (Å²) in [5.74, 6) is 1.59. The number of esters is 1. The molecule has 1 fully saturated rings. The summed E-state index contributed by atoms with van der Waals surface area (Å²) in [6.45, 7) is 1.59. The number of para-hydroxylation sites is 1. The van der Waals surface area contributed by atoms with Gasteiger partial charge in [-0.3, -0.25) is 4.79 Å². The summed E-state index contributed by atoms with van der Waals surface area (Å²) in [4.78, 5) is 23.6. The predicted molar refractivity (Wildman–Crippen MR) is 99.8 cm³/mol. The number of anilines is 1.